The van der Waals surface area contributed by atoms with Gasteiger partial charge in [0.15, 0.2) is 0 Å². The summed E-state index contributed by atoms with van der Waals surface area (Å²) in [6.45, 7) is 2.53. The number of nitrogens with two attached hydrogens (primary N) is 1. The second kappa shape index (κ2) is 2.76. The van der Waals surface area contributed by atoms with Crippen LogP contribution < -0.4 is 5.73 Å². The first-order chi connectivity index (χ1) is 5.27. The number of nitrogens with zero attached hydrogens (tertiary/aromatic N) is 1. The molecule has 1 heterocycles. The monoisotopic (exact) mass is 154 g/mol. The fourth-order valence-corrected chi connectivity index (χ4v) is 2.66. The zero-order valence-electron chi connectivity index (χ0n) is 7.29. The van der Waals surface area contributed by atoms with Crippen molar-refractivity contribution < 1.29 is 0 Å². The third-order valence-corrected chi connectivity index (χ3v) is 3.43. The van der Waals surface area contributed by atoms with Crippen LogP contribution in [0.15, 0.2) is 0 Å². The summed E-state index contributed by atoms with van der Waals surface area (Å²) in [5.74, 6) is 1.77. The van der Waals surface area contributed by atoms with Crippen LogP contribution in [-0.2, 0) is 0 Å². The van der Waals surface area contributed by atoms with E-state index in [1.807, 2.05) is 0 Å². The van der Waals surface area contributed by atoms with E-state index in [0.29, 0.717) is 6.04 Å². The van der Waals surface area contributed by atoms with Crippen molar-refractivity contribution in [3.8, 4) is 0 Å². The van der Waals surface area contributed by atoms with Crippen molar-refractivity contribution in [2.45, 2.75) is 25.3 Å². The highest BCUT2D eigenvalue weighted by atomic mass is 15.1. The molecule has 0 bridgehead atoms. The lowest BCUT2D eigenvalue weighted by Gasteiger charge is -2.34. The van der Waals surface area contributed by atoms with E-state index in [-0.39, 0.29) is 0 Å². The third kappa shape index (κ3) is 1.30. The molecule has 2 aliphatic rings. The first-order valence-electron chi connectivity index (χ1n) is 4.71. The maximum atomic E-state index is 6.02. The predicted molar refractivity (Wildman–Crippen MR) is 46.3 cm³/mol. The van der Waals surface area contributed by atoms with Gasteiger partial charge in [0, 0.05) is 12.6 Å². The molecular formula is C9H18N2. The third-order valence-electron chi connectivity index (χ3n) is 3.43. The first kappa shape index (κ1) is 7.56. The van der Waals surface area contributed by atoms with Gasteiger partial charge in [-0.15, -0.1) is 0 Å². The number of hydrogen-bond donors (Lipinski definition) is 1. The van der Waals surface area contributed by atoms with Gasteiger partial charge in [-0.2, -0.15) is 0 Å². The topological polar surface area (TPSA) is 29.3 Å². The Hall–Kier alpha value is -0.0800. The van der Waals surface area contributed by atoms with E-state index in [4.69, 9.17) is 5.73 Å². The molecule has 0 aromatic heterocycles. The molecule has 3 atom stereocenters. The van der Waals surface area contributed by atoms with Gasteiger partial charge < -0.3 is 10.6 Å². The van der Waals surface area contributed by atoms with Crippen LogP contribution in [0.1, 0.15) is 19.3 Å². The summed E-state index contributed by atoms with van der Waals surface area (Å²) in [7, 11) is 2.21. The zero-order valence-corrected chi connectivity index (χ0v) is 7.29. The standard InChI is InChI=1S/C9H18N2/c1-11-5-4-7-2-3-9(10)8(7)6-11/h7-9H,2-6,10H2,1H3/t7-,8+,9?/m1/s1. The molecule has 0 spiro atoms. The minimum Gasteiger partial charge on any atom is -0.327 e. The van der Waals surface area contributed by atoms with Crippen LogP contribution in [0, 0.1) is 11.8 Å². The Labute approximate surface area is 68.7 Å². The Kier molecular flexibility index (Phi) is 1.90. The van der Waals surface area contributed by atoms with Crippen LogP contribution in [0.4, 0.5) is 0 Å². The molecule has 64 valence electrons. The molecule has 2 N–H and O–H groups in total. The Balaban J connectivity index is 2.01. The molecule has 1 unspecified atom stereocenters. The van der Waals surface area contributed by atoms with Crippen molar-refractivity contribution >= 4 is 0 Å². The largest absolute Gasteiger partial charge is 0.327 e. The molecule has 1 aliphatic heterocycles. The SMILES string of the molecule is CN1CC[C@H]2CCC(N)[C@H]2C1. The van der Waals surface area contributed by atoms with E-state index in [0.717, 1.165) is 11.8 Å². The average Bonchev–Trinajstić information content (AvgIpc) is 2.33. The van der Waals surface area contributed by atoms with Gasteiger partial charge in [-0.05, 0) is 44.7 Å². The molecule has 1 saturated heterocycles. The van der Waals surface area contributed by atoms with Crippen LogP contribution in [0.25, 0.3) is 0 Å². The number of piperidine rings is 1. The molecule has 11 heavy (non-hydrogen) atoms. The molecule has 1 saturated carbocycles. The number of rotatable bonds is 0. The summed E-state index contributed by atoms with van der Waals surface area (Å²) in [6, 6.07) is 0.503. The van der Waals surface area contributed by atoms with Crippen molar-refractivity contribution in [2.75, 3.05) is 20.1 Å². The highest BCUT2D eigenvalue weighted by molar-refractivity contribution is 4.91. The van der Waals surface area contributed by atoms with Crippen LogP contribution >= 0.6 is 0 Å². The Morgan fingerprint density at radius 3 is 2.91 bits per heavy atom. The summed E-state index contributed by atoms with van der Waals surface area (Å²) in [5.41, 5.74) is 6.02. The number of hydrogen-bond acceptors (Lipinski definition) is 2. The normalized spacial score (nSPS) is 45.8. The van der Waals surface area contributed by atoms with Crippen molar-refractivity contribution in [1.82, 2.24) is 4.90 Å². The Bertz CT molecular complexity index is 146. The van der Waals surface area contributed by atoms with Gasteiger partial charge in [0.2, 0.25) is 0 Å². The van der Waals surface area contributed by atoms with Crippen LogP contribution in [0.2, 0.25) is 0 Å². The van der Waals surface area contributed by atoms with E-state index in [9.17, 15) is 0 Å². The van der Waals surface area contributed by atoms with Gasteiger partial charge in [0.05, 0.1) is 0 Å². The second-order valence-electron chi connectivity index (χ2n) is 4.22. The molecule has 1 aliphatic carbocycles. The van der Waals surface area contributed by atoms with Gasteiger partial charge in [-0.25, -0.2) is 0 Å². The zero-order chi connectivity index (χ0) is 7.84. The summed E-state index contributed by atoms with van der Waals surface area (Å²) in [6.07, 6.45) is 4.04. The van der Waals surface area contributed by atoms with E-state index in [1.165, 1.54) is 32.4 Å². The fraction of sp³-hybridized carbons (Fsp3) is 1.00. The maximum Gasteiger partial charge on any atom is 0.00821 e. The van der Waals surface area contributed by atoms with Crippen LogP contribution in [0.3, 0.4) is 0 Å². The quantitative estimate of drug-likeness (QED) is 0.556. The second-order valence-corrected chi connectivity index (χ2v) is 4.22. The van der Waals surface area contributed by atoms with Crippen molar-refractivity contribution in [1.29, 1.82) is 0 Å². The van der Waals surface area contributed by atoms with E-state index >= 15 is 0 Å². The first-order valence-corrected chi connectivity index (χ1v) is 4.71. The van der Waals surface area contributed by atoms with Crippen molar-refractivity contribution in [3.63, 3.8) is 0 Å². The number of fused-ring (bicyclic) bond motifs is 1. The van der Waals surface area contributed by atoms with Gasteiger partial charge >= 0.3 is 0 Å². The molecule has 0 amide bonds. The summed E-state index contributed by atoms with van der Waals surface area (Å²) >= 11 is 0. The van der Waals surface area contributed by atoms with Crippen molar-refractivity contribution in [3.05, 3.63) is 0 Å². The summed E-state index contributed by atoms with van der Waals surface area (Å²) < 4.78 is 0. The lowest BCUT2D eigenvalue weighted by Crippen LogP contribution is -2.42. The summed E-state index contributed by atoms with van der Waals surface area (Å²) in [4.78, 5) is 2.42. The maximum absolute atomic E-state index is 6.02. The van der Waals surface area contributed by atoms with Crippen LogP contribution in [0.5, 0.6) is 0 Å². The Morgan fingerprint density at radius 1 is 1.27 bits per heavy atom. The highest BCUT2D eigenvalue weighted by Crippen LogP contribution is 2.36. The smallest absolute Gasteiger partial charge is 0.00821 e. The molecule has 2 rings (SSSR count). The van der Waals surface area contributed by atoms with Gasteiger partial charge in [0.25, 0.3) is 0 Å². The van der Waals surface area contributed by atoms with Crippen molar-refractivity contribution in [2.24, 2.45) is 17.6 Å². The van der Waals surface area contributed by atoms with Gasteiger partial charge in [-0.3, -0.25) is 0 Å². The lowest BCUT2D eigenvalue weighted by atomic mass is 9.87. The van der Waals surface area contributed by atoms with Gasteiger partial charge in [0.1, 0.15) is 0 Å². The average molecular weight is 154 g/mol. The fourth-order valence-electron chi connectivity index (χ4n) is 2.66. The molecule has 0 radical (unpaired) electrons. The minimum absolute atomic E-state index is 0.503. The minimum atomic E-state index is 0.503. The van der Waals surface area contributed by atoms with E-state index in [2.05, 4.69) is 11.9 Å². The lowest BCUT2D eigenvalue weighted by molar-refractivity contribution is 0.157. The molecule has 0 aromatic rings. The molecule has 2 nitrogen and oxygen atoms in total. The molecule has 0 aromatic carbocycles. The summed E-state index contributed by atoms with van der Waals surface area (Å²) in [5, 5.41) is 0. The van der Waals surface area contributed by atoms with E-state index < -0.39 is 0 Å². The Morgan fingerprint density at radius 2 is 2.09 bits per heavy atom. The molecular weight excluding hydrogens is 136 g/mol. The predicted octanol–water partition coefficient (Wildman–Crippen LogP) is 0.675. The molecule has 2 heteroatoms. The van der Waals surface area contributed by atoms with Crippen LogP contribution in [-0.4, -0.2) is 31.1 Å². The van der Waals surface area contributed by atoms with E-state index in [1.54, 1.807) is 0 Å². The molecule has 2 fully saturated rings. The highest BCUT2D eigenvalue weighted by Gasteiger charge is 2.36. The number of likely N-dealkylation sites (tertiary alicyclic amines) is 1. The van der Waals surface area contributed by atoms with Gasteiger partial charge in [-0.1, -0.05) is 0 Å².